The van der Waals surface area contributed by atoms with Crippen LogP contribution in [0.5, 0.6) is 0 Å². The molecule has 0 aromatic rings. The zero-order valence-corrected chi connectivity index (χ0v) is 10.3. The van der Waals surface area contributed by atoms with Gasteiger partial charge in [0.25, 0.3) is 0 Å². The summed E-state index contributed by atoms with van der Waals surface area (Å²) in [6.07, 6.45) is -0.214. The predicted octanol–water partition coefficient (Wildman–Crippen LogP) is 2.90. The minimum Gasteiger partial charge on any atom is -0.450 e. The second-order valence-electron chi connectivity index (χ2n) is 4.87. The molecule has 0 rings (SSSR count). The van der Waals surface area contributed by atoms with Crippen molar-refractivity contribution in [2.75, 3.05) is 13.2 Å². The van der Waals surface area contributed by atoms with Crippen LogP contribution in [0.4, 0.5) is 4.79 Å². The van der Waals surface area contributed by atoms with E-state index < -0.39 is 0 Å². The molecule has 0 aliphatic carbocycles. The lowest BCUT2D eigenvalue weighted by Gasteiger charge is -2.35. The van der Waals surface area contributed by atoms with Crippen LogP contribution in [0.2, 0.25) is 0 Å². The highest BCUT2D eigenvalue weighted by Crippen LogP contribution is 2.16. The topological polar surface area (TPSA) is 29.5 Å². The third-order valence-corrected chi connectivity index (χ3v) is 1.85. The lowest BCUT2D eigenvalue weighted by molar-refractivity contribution is 0.0650. The molecule has 1 amide bonds. The van der Waals surface area contributed by atoms with Gasteiger partial charge in [0.2, 0.25) is 0 Å². The summed E-state index contributed by atoms with van der Waals surface area (Å²) in [5.41, 5.74) is -0.170. The lowest BCUT2D eigenvalue weighted by atomic mass is 10.0. The van der Waals surface area contributed by atoms with Crippen molar-refractivity contribution in [2.45, 2.75) is 47.1 Å². The lowest BCUT2D eigenvalue weighted by Crippen LogP contribution is -2.47. The molecule has 0 fully saturated rings. The van der Waals surface area contributed by atoms with Gasteiger partial charge in [-0.2, -0.15) is 0 Å². The van der Waals surface area contributed by atoms with Crippen LogP contribution in [0.1, 0.15) is 41.5 Å². The Labute approximate surface area is 87.4 Å². The van der Waals surface area contributed by atoms with Crippen LogP contribution in [0.25, 0.3) is 0 Å². The van der Waals surface area contributed by atoms with Gasteiger partial charge in [0.05, 0.1) is 6.61 Å². The second-order valence-corrected chi connectivity index (χ2v) is 4.87. The van der Waals surface area contributed by atoms with Gasteiger partial charge in [-0.3, -0.25) is 0 Å². The Morgan fingerprint density at radius 3 is 2.14 bits per heavy atom. The molecule has 0 bridgehead atoms. The fourth-order valence-corrected chi connectivity index (χ4v) is 1.19. The maximum Gasteiger partial charge on any atom is 0.410 e. The molecule has 0 unspecified atom stereocenters. The fraction of sp³-hybridized carbons (Fsp3) is 0.909. The Balaban J connectivity index is 4.47. The Bertz CT molecular complexity index is 182. The summed E-state index contributed by atoms with van der Waals surface area (Å²) in [6, 6.07) is 0. The average molecular weight is 201 g/mol. The van der Waals surface area contributed by atoms with E-state index in [4.69, 9.17) is 4.74 Å². The molecule has 3 heteroatoms. The van der Waals surface area contributed by atoms with Gasteiger partial charge in [-0.25, -0.2) is 4.79 Å². The summed E-state index contributed by atoms with van der Waals surface area (Å²) >= 11 is 0. The normalized spacial score (nSPS) is 11.6. The zero-order chi connectivity index (χ0) is 11.4. The van der Waals surface area contributed by atoms with E-state index in [-0.39, 0.29) is 11.6 Å². The number of carbonyl (C=O) groups is 1. The number of nitrogens with zero attached hydrogens (tertiary/aromatic N) is 1. The highest BCUT2D eigenvalue weighted by Gasteiger charge is 2.27. The van der Waals surface area contributed by atoms with Crippen LogP contribution in [0.3, 0.4) is 0 Å². The van der Waals surface area contributed by atoms with E-state index >= 15 is 0 Å². The molecule has 84 valence electrons. The Hall–Kier alpha value is -0.730. The van der Waals surface area contributed by atoms with E-state index in [1.165, 1.54) is 0 Å². The monoisotopic (exact) mass is 201 g/mol. The molecule has 0 radical (unpaired) electrons. The molecule has 0 aromatic carbocycles. The minimum absolute atomic E-state index is 0.170. The summed E-state index contributed by atoms with van der Waals surface area (Å²) in [6.45, 7) is 13.3. The standard InChI is InChI=1S/C11H23NO2/c1-7-14-10(13)12(8-9(2)3)11(4,5)6/h9H,7-8H2,1-6H3. The molecule has 0 saturated heterocycles. The van der Waals surface area contributed by atoms with Crippen molar-refractivity contribution >= 4 is 6.09 Å². The van der Waals surface area contributed by atoms with Crippen LogP contribution < -0.4 is 0 Å². The van der Waals surface area contributed by atoms with Crippen molar-refractivity contribution in [3.8, 4) is 0 Å². The summed E-state index contributed by atoms with van der Waals surface area (Å²) in [5, 5.41) is 0. The van der Waals surface area contributed by atoms with Gasteiger partial charge in [0.1, 0.15) is 0 Å². The number of hydrogen-bond donors (Lipinski definition) is 0. The second kappa shape index (κ2) is 5.23. The number of carbonyl (C=O) groups excluding carboxylic acids is 1. The first kappa shape index (κ1) is 13.3. The van der Waals surface area contributed by atoms with Crippen LogP contribution >= 0.6 is 0 Å². The largest absolute Gasteiger partial charge is 0.450 e. The first-order valence-electron chi connectivity index (χ1n) is 5.23. The van der Waals surface area contributed by atoms with E-state index in [1.54, 1.807) is 4.90 Å². The maximum absolute atomic E-state index is 11.6. The van der Waals surface area contributed by atoms with Crippen LogP contribution in [-0.4, -0.2) is 29.7 Å². The average Bonchev–Trinajstić information content (AvgIpc) is 1.98. The highest BCUT2D eigenvalue weighted by atomic mass is 16.6. The van der Waals surface area contributed by atoms with Gasteiger partial charge in [-0.1, -0.05) is 13.8 Å². The first-order chi connectivity index (χ1) is 6.29. The molecule has 0 atom stereocenters. The Morgan fingerprint density at radius 2 is 1.86 bits per heavy atom. The molecule has 0 spiro atoms. The van der Waals surface area contributed by atoms with Crippen molar-refractivity contribution in [1.29, 1.82) is 0 Å². The van der Waals surface area contributed by atoms with E-state index in [0.29, 0.717) is 12.5 Å². The minimum atomic E-state index is -0.214. The highest BCUT2D eigenvalue weighted by molar-refractivity contribution is 5.68. The molecule has 0 saturated carbocycles. The molecule has 0 aromatic heterocycles. The van der Waals surface area contributed by atoms with Crippen molar-refractivity contribution in [3.05, 3.63) is 0 Å². The van der Waals surface area contributed by atoms with E-state index in [1.807, 2.05) is 27.7 Å². The summed E-state index contributed by atoms with van der Waals surface area (Å²) in [7, 11) is 0. The van der Waals surface area contributed by atoms with Gasteiger partial charge >= 0.3 is 6.09 Å². The molecule has 0 N–H and O–H groups in total. The van der Waals surface area contributed by atoms with Crippen LogP contribution in [0, 0.1) is 5.92 Å². The smallest absolute Gasteiger partial charge is 0.410 e. The SMILES string of the molecule is CCOC(=O)N(CC(C)C)C(C)(C)C. The molecule has 0 aliphatic heterocycles. The number of amides is 1. The van der Waals surface area contributed by atoms with Crippen molar-refractivity contribution in [3.63, 3.8) is 0 Å². The number of rotatable bonds is 3. The Morgan fingerprint density at radius 1 is 1.36 bits per heavy atom. The first-order valence-corrected chi connectivity index (χ1v) is 5.23. The Kier molecular flexibility index (Phi) is 4.95. The van der Waals surface area contributed by atoms with Gasteiger partial charge in [-0.15, -0.1) is 0 Å². The van der Waals surface area contributed by atoms with Gasteiger partial charge < -0.3 is 9.64 Å². The maximum atomic E-state index is 11.6. The summed E-state index contributed by atoms with van der Waals surface area (Å²) in [4.78, 5) is 13.4. The van der Waals surface area contributed by atoms with Gasteiger partial charge in [-0.05, 0) is 33.6 Å². The molecular formula is C11H23NO2. The molecular weight excluding hydrogens is 178 g/mol. The van der Waals surface area contributed by atoms with Crippen LogP contribution in [0.15, 0.2) is 0 Å². The number of ether oxygens (including phenoxy) is 1. The van der Waals surface area contributed by atoms with Crippen molar-refractivity contribution < 1.29 is 9.53 Å². The van der Waals surface area contributed by atoms with Crippen LogP contribution in [-0.2, 0) is 4.74 Å². The quantitative estimate of drug-likeness (QED) is 0.702. The molecule has 14 heavy (non-hydrogen) atoms. The van der Waals surface area contributed by atoms with Gasteiger partial charge in [0, 0.05) is 12.1 Å². The third-order valence-electron chi connectivity index (χ3n) is 1.85. The van der Waals surface area contributed by atoms with Crippen molar-refractivity contribution in [1.82, 2.24) is 4.90 Å². The van der Waals surface area contributed by atoms with E-state index in [2.05, 4.69) is 13.8 Å². The summed E-state index contributed by atoms with van der Waals surface area (Å²) < 4.78 is 5.02. The van der Waals surface area contributed by atoms with Crippen molar-refractivity contribution in [2.24, 2.45) is 5.92 Å². The van der Waals surface area contributed by atoms with E-state index in [9.17, 15) is 4.79 Å². The predicted molar refractivity (Wildman–Crippen MR) is 58.3 cm³/mol. The number of hydrogen-bond acceptors (Lipinski definition) is 2. The third kappa shape index (κ3) is 4.49. The molecule has 3 nitrogen and oxygen atoms in total. The molecule has 0 aliphatic rings. The molecule has 0 heterocycles. The van der Waals surface area contributed by atoms with E-state index in [0.717, 1.165) is 6.54 Å². The fourth-order valence-electron chi connectivity index (χ4n) is 1.19. The summed E-state index contributed by atoms with van der Waals surface area (Å²) in [5.74, 6) is 0.457. The zero-order valence-electron chi connectivity index (χ0n) is 10.3. The van der Waals surface area contributed by atoms with Gasteiger partial charge in [0.15, 0.2) is 0 Å².